The predicted molar refractivity (Wildman–Crippen MR) is 34.2 cm³/mol. The molecule has 52 valence electrons. The first-order valence-corrected chi connectivity index (χ1v) is 2.95. The van der Waals surface area contributed by atoms with Crippen LogP contribution in [-0.2, 0) is 4.79 Å². The number of rotatable bonds is 1. The summed E-state index contributed by atoms with van der Waals surface area (Å²) in [5.74, 6) is 0. The van der Waals surface area contributed by atoms with E-state index in [1.54, 1.807) is 0 Å². The number of allylic oxidation sites excluding steroid dienone is 2. The maximum atomic E-state index is 11.2. The highest BCUT2D eigenvalue weighted by Gasteiger charge is 2.21. The molecule has 0 aliphatic carbocycles. The van der Waals surface area contributed by atoms with Crippen LogP contribution in [0.3, 0.4) is 0 Å². The minimum Gasteiger partial charge on any atom is -0.283 e. The SMILES string of the molecule is O=C(I)/C=C/C(F)(F)F. The summed E-state index contributed by atoms with van der Waals surface area (Å²) < 4.78 is 32.9. The highest BCUT2D eigenvalue weighted by molar-refractivity contribution is 14.1. The van der Waals surface area contributed by atoms with Crippen LogP contribution in [-0.4, -0.2) is 9.97 Å². The number of hydrogen-bond donors (Lipinski definition) is 0. The van der Waals surface area contributed by atoms with E-state index in [4.69, 9.17) is 0 Å². The second kappa shape index (κ2) is 3.19. The Balaban J connectivity index is 3.86. The van der Waals surface area contributed by atoms with Crippen LogP contribution in [0.5, 0.6) is 0 Å². The van der Waals surface area contributed by atoms with E-state index in [2.05, 4.69) is 0 Å². The molecule has 0 atom stereocenters. The molecule has 0 rings (SSSR count). The molecule has 0 aromatic heterocycles. The van der Waals surface area contributed by atoms with Crippen LogP contribution in [0, 0.1) is 0 Å². The number of halogens is 4. The molecule has 0 N–H and O–H groups in total. The lowest BCUT2D eigenvalue weighted by Crippen LogP contribution is -2.01. The Labute approximate surface area is 63.1 Å². The molecule has 0 aromatic rings. The minimum absolute atomic E-state index is 0.0955. The third-order valence-electron chi connectivity index (χ3n) is 0.403. The van der Waals surface area contributed by atoms with E-state index in [0.29, 0.717) is 6.08 Å². The molecular weight excluding hydrogens is 248 g/mol. The fourth-order valence-corrected chi connectivity index (χ4v) is 0.340. The van der Waals surface area contributed by atoms with Crippen molar-refractivity contribution in [3.05, 3.63) is 12.2 Å². The molecule has 0 spiro atoms. The van der Waals surface area contributed by atoms with Gasteiger partial charge in [0.2, 0.25) is 3.79 Å². The summed E-state index contributed by atoms with van der Waals surface area (Å²) in [6.07, 6.45) is -4.00. The van der Waals surface area contributed by atoms with Crippen molar-refractivity contribution in [2.24, 2.45) is 0 Å². The molecule has 0 saturated heterocycles. The van der Waals surface area contributed by atoms with Gasteiger partial charge in [-0.1, -0.05) is 0 Å². The van der Waals surface area contributed by atoms with Crippen LogP contribution < -0.4 is 0 Å². The standard InChI is InChI=1S/C4H2F3IO/c5-4(6,7)2-1-3(8)9/h1-2H/b2-1+. The normalized spacial score (nSPS) is 12.4. The highest BCUT2D eigenvalue weighted by atomic mass is 127. The van der Waals surface area contributed by atoms with Gasteiger partial charge < -0.3 is 0 Å². The molecule has 0 heterocycles. The average Bonchev–Trinajstić information content (AvgIpc) is 1.59. The Morgan fingerprint density at radius 1 is 1.44 bits per heavy atom. The molecule has 9 heavy (non-hydrogen) atoms. The molecule has 0 radical (unpaired) electrons. The van der Waals surface area contributed by atoms with E-state index in [0.717, 1.165) is 0 Å². The summed E-state index contributed by atoms with van der Waals surface area (Å²) in [7, 11) is 0. The predicted octanol–water partition coefficient (Wildman–Crippen LogP) is 2.07. The number of alkyl halides is 3. The zero-order valence-corrected chi connectivity index (χ0v) is 6.23. The van der Waals surface area contributed by atoms with Crippen LogP contribution in [0.25, 0.3) is 0 Å². The zero-order chi connectivity index (χ0) is 7.49. The Bertz CT molecular complexity index is 137. The van der Waals surface area contributed by atoms with Gasteiger partial charge in [0, 0.05) is 28.7 Å². The van der Waals surface area contributed by atoms with Crippen molar-refractivity contribution >= 4 is 26.4 Å². The second-order valence-corrected chi connectivity index (χ2v) is 2.24. The van der Waals surface area contributed by atoms with Crippen molar-refractivity contribution < 1.29 is 18.0 Å². The highest BCUT2D eigenvalue weighted by Crippen LogP contribution is 2.15. The van der Waals surface area contributed by atoms with Gasteiger partial charge in [-0.15, -0.1) is 0 Å². The second-order valence-electron chi connectivity index (χ2n) is 1.18. The molecule has 0 saturated carbocycles. The van der Waals surface area contributed by atoms with Crippen LogP contribution in [0.15, 0.2) is 12.2 Å². The van der Waals surface area contributed by atoms with Crippen LogP contribution in [0.2, 0.25) is 0 Å². The smallest absolute Gasteiger partial charge is 0.283 e. The molecule has 0 aliphatic rings. The third kappa shape index (κ3) is 7.93. The topological polar surface area (TPSA) is 17.1 Å². The Morgan fingerprint density at radius 2 is 1.89 bits per heavy atom. The van der Waals surface area contributed by atoms with E-state index in [1.807, 2.05) is 0 Å². The summed E-state index contributed by atoms with van der Waals surface area (Å²) in [5.41, 5.74) is 0. The van der Waals surface area contributed by atoms with Gasteiger partial charge in [-0.05, 0) is 6.08 Å². The number of carbonyl (C=O) groups is 1. The maximum absolute atomic E-state index is 11.2. The first kappa shape index (κ1) is 8.93. The third-order valence-corrected chi connectivity index (χ3v) is 0.763. The van der Waals surface area contributed by atoms with Crippen LogP contribution in [0.4, 0.5) is 13.2 Å². The van der Waals surface area contributed by atoms with Crippen molar-refractivity contribution in [3.8, 4) is 0 Å². The molecule has 0 bridgehead atoms. The van der Waals surface area contributed by atoms with Crippen molar-refractivity contribution in [2.75, 3.05) is 0 Å². The van der Waals surface area contributed by atoms with Crippen LogP contribution >= 0.6 is 22.6 Å². The van der Waals surface area contributed by atoms with Gasteiger partial charge in [0.05, 0.1) is 0 Å². The summed E-state index contributed by atoms with van der Waals surface area (Å²) >= 11 is 1.26. The van der Waals surface area contributed by atoms with E-state index < -0.39 is 9.97 Å². The molecule has 0 aromatic carbocycles. The van der Waals surface area contributed by atoms with Crippen molar-refractivity contribution in [2.45, 2.75) is 6.18 Å². The first-order chi connectivity index (χ1) is 3.92. The quantitative estimate of drug-likeness (QED) is 0.395. The monoisotopic (exact) mass is 250 g/mol. The molecule has 5 heteroatoms. The van der Waals surface area contributed by atoms with Gasteiger partial charge in [0.25, 0.3) is 0 Å². The lowest BCUT2D eigenvalue weighted by molar-refractivity contribution is -0.106. The largest absolute Gasteiger partial charge is 0.409 e. The van der Waals surface area contributed by atoms with Crippen molar-refractivity contribution in [1.82, 2.24) is 0 Å². The number of hydrogen-bond acceptors (Lipinski definition) is 1. The average molecular weight is 250 g/mol. The van der Waals surface area contributed by atoms with Crippen molar-refractivity contribution in [1.29, 1.82) is 0 Å². The van der Waals surface area contributed by atoms with Gasteiger partial charge in [0.1, 0.15) is 0 Å². The molecule has 0 amide bonds. The van der Waals surface area contributed by atoms with Gasteiger partial charge in [-0.3, -0.25) is 4.79 Å². The van der Waals surface area contributed by atoms with Crippen LogP contribution in [0.1, 0.15) is 0 Å². The summed E-state index contributed by atoms with van der Waals surface area (Å²) in [6, 6.07) is 0. The Kier molecular flexibility index (Phi) is 3.16. The fraction of sp³-hybridized carbons (Fsp3) is 0.250. The zero-order valence-electron chi connectivity index (χ0n) is 4.07. The number of carbonyl (C=O) groups excluding carboxylic acids is 1. The fourth-order valence-electron chi connectivity index (χ4n) is 0.160. The lowest BCUT2D eigenvalue weighted by atomic mass is 10.5. The van der Waals surface area contributed by atoms with Gasteiger partial charge in [-0.25, -0.2) is 0 Å². The van der Waals surface area contributed by atoms with E-state index in [1.165, 1.54) is 22.6 Å². The maximum Gasteiger partial charge on any atom is 0.409 e. The lowest BCUT2D eigenvalue weighted by Gasteiger charge is -1.93. The van der Waals surface area contributed by atoms with E-state index >= 15 is 0 Å². The van der Waals surface area contributed by atoms with Gasteiger partial charge >= 0.3 is 6.18 Å². The first-order valence-electron chi connectivity index (χ1n) is 1.87. The van der Waals surface area contributed by atoms with Gasteiger partial charge in [0.15, 0.2) is 0 Å². The van der Waals surface area contributed by atoms with Gasteiger partial charge in [-0.2, -0.15) is 13.2 Å². The molecular formula is C4H2F3IO. The van der Waals surface area contributed by atoms with Crippen molar-refractivity contribution in [3.63, 3.8) is 0 Å². The van der Waals surface area contributed by atoms with E-state index in [9.17, 15) is 18.0 Å². The Hall–Kier alpha value is -0.0700. The Morgan fingerprint density at radius 3 is 2.00 bits per heavy atom. The summed E-state index contributed by atoms with van der Waals surface area (Å²) in [5, 5.41) is 0. The summed E-state index contributed by atoms with van der Waals surface area (Å²) in [4.78, 5) is 9.89. The molecule has 0 unspecified atom stereocenters. The molecule has 0 aliphatic heterocycles. The van der Waals surface area contributed by atoms with E-state index in [-0.39, 0.29) is 6.08 Å². The minimum atomic E-state index is -4.37. The summed E-state index contributed by atoms with van der Waals surface area (Å²) in [6.45, 7) is 0. The molecule has 1 nitrogen and oxygen atoms in total. The molecule has 0 fully saturated rings.